The number of para-hydroxylation sites is 1. The lowest BCUT2D eigenvalue weighted by atomic mass is 10.3. The second kappa shape index (κ2) is 4.57. The lowest BCUT2D eigenvalue weighted by Gasteiger charge is -2.10. The molecule has 1 aromatic rings. The SMILES string of the molecule is NC(=O)C(N)COc1ccccc1F. The molecule has 1 amide bonds. The second-order valence-corrected chi connectivity index (χ2v) is 2.75. The number of rotatable bonds is 4. The highest BCUT2D eigenvalue weighted by Gasteiger charge is 2.10. The van der Waals surface area contributed by atoms with Crippen molar-refractivity contribution in [3.63, 3.8) is 0 Å². The fraction of sp³-hybridized carbons (Fsp3) is 0.222. The van der Waals surface area contributed by atoms with E-state index in [9.17, 15) is 9.18 Å². The average molecular weight is 198 g/mol. The van der Waals surface area contributed by atoms with Gasteiger partial charge in [-0.1, -0.05) is 12.1 Å². The van der Waals surface area contributed by atoms with Gasteiger partial charge < -0.3 is 16.2 Å². The highest BCUT2D eigenvalue weighted by molar-refractivity contribution is 5.79. The second-order valence-electron chi connectivity index (χ2n) is 2.75. The van der Waals surface area contributed by atoms with E-state index in [0.717, 1.165) is 0 Å². The van der Waals surface area contributed by atoms with Crippen LogP contribution in [-0.2, 0) is 4.79 Å². The molecule has 4 nitrogen and oxygen atoms in total. The fourth-order valence-electron chi connectivity index (χ4n) is 0.823. The van der Waals surface area contributed by atoms with Gasteiger partial charge in [-0.15, -0.1) is 0 Å². The zero-order chi connectivity index (χ0) is 10.6. The summed E-state index contributed by atoms with van der Waals surface area (Å²) in [6.45, 7) is -0.129. The van der Waals surface area contributed by atoms with Crippen LogP contribution >= 0.6 is 0 Å². The van der Waals surface area contributed by atoms with Crippen LogP contribution in [0, 0.1) is 5.82 Å². The van der Waals surface area contributed by atoms with Crippen molar-refractivity contribution >= 4 is 5.91 Å². The molecule has 14 heavy (non-hydrogen) atoms. The van der Waals surface area contributed by atoms with Gasteiger partial charge in [0.15, 0.2) is 11.6 Å². The van der Waals surface area contributed by atoms with Crippen LogP contribution in [0.15, 0.2) is 24.3 Å². The van der Waals surface area contributed by atoms with E-state index in [0.29, 0.717) is 0 Å². The number of benzene rings is 1. The van der Waals surface area contributed by atoms with E-state index >= 15 is 0 Å². The first-order chi connectivity index (χ1) is 6.61. The van der Waals surface area contributed by atoms with E-state index in [1.165, 1.54) is 18.2 Å². The lowest BCUT2D eigenvalue weighted by Crippen LogP contribution is -2.41. The summed E-state index contributed by atoms with van der Waals surface area (Å²) in [5.74, 6) is -1.12. The number of carbonyl (C=O) groups excluding carboxylic acids is 1. The molecule has 1 aromatic carbocycles. The van der Waals surface area contributed by atoms with Gasteiger partial charge in [-0.05, 0) is 12.1 Å². The Balaban J connectivity index is 2.54. The van der Waals surface area contributed by atoms with Crippen LogP contribution in [0.4, 0.5) is 4.39 Å². The minimum Gasteiger partial charge on any atom is -0.488 e. The molecule has 1 rings (SSSR count). The number of nitrogens with two attached hydrogens (primary N) is 2. The summed E-state index contributed by atoms with van der Waals surface area (Å²) in [6, 6.07) is 4.94. The molecule has 0 aromatic heterocycles. The average Bonchev–Trinajstić information content (AvgIpc) is 2.16. The number of halogens is 1. The van der Waals surface area contributed by atoms with Crippen molar-refractivity contribution in [2.75, 3.05) is 6.61 Å². The van der Waals surface area contributed by atoms with E-state index < -0.39 is 17.8 Å². The van der Waals surface area contributed by atoms with Crippen molar-refractivity contribution in [1.29, 1.82) is 0 Å². The van der Waals surface area contributed by atoms with Crippen molar-refractivity contribution in [1.82, 2.24) is 0 Å². The van der Waals surface area contributed by atoms with E-state index in [-0.39, 0.29) is 12.4 Å². The van der Waals surface area contributed by atoms with Gasteiger partial charge >= 0.3 is 0 Å². The number of primary amides is 1. The minimum atomic E-state index is -0.922. The highest BCUT2D eigenvalue weighted by atomic mass is 19.1. The van der Waals surface area contributed by atoms with Gasteiger partial charge in [0.05, 0.1) is 0 Å². The molecule has 0 aliphatic rings. The summed E-state index contributed by atoms with van der Waals surface area (Å²) in [6.07, 6.45) is 0. The van der Waals surface area contributed by atoms with Crippen molar-refractivity contribution < 1.29 is 13.9 Å². The molecule has 0 aliphatic heterocycles. The fourth-order valence-corrected chi connectivity index (χ4v) is 0.823. The van der Waals surface area contributed by atoms with Gasteiger partial charge in [0.25, 0.3) is 0 Å². The summed E-state index contributed by atoms with van der Waals surface area (Å²) in [4.78, 5) is 10.5. The zero-order valence-corrected chi connectivity index (χ0v) is 7.44. The maximum atomic E-state index is 13.0. The zero-order valence-electron chi connectivity index (χ0n) is 7.44. The Labute approximate surface area is 80.6 Å². The van der Waals surface area contributed by atoms with Crippen LogP contribution in [0.2, 0.25) is 0 Å². The smallest absolute Gasteiger partial charge is 0.237 e. The van der Waals surface area contributed by atoms with Crippen LogP contribution in [0.25, 0.3) is 0 Å². The molecule has 76 valence electrons. The molecular weight excluding hydrogens is 187 g/mol. The van der Waals surface area contributed by atoms with Gasteiger partial charge in [0.2, 0.25) is 5.91 Å². The Kier molecular flexibility index (Phi) is 3.41. The van der Waals surface area contributed by atoms with E-state index in [1.54, 1.807) is 6.07 Å². The molecule has 0 saturated heterocycles. The molecule has 0 bridgehead atoms. The molecule has 5 heteroatoms. The molecule has 0 radical (unpaired) electrons. The molecule has 0 fully saturated rings. The quantitative estimate of drug-likeness (QED) is 0.715. The number of ether oxygens (including phenoxy) is 1. The topological polar surface area (TPSA) is 78.3 Å². The van der Waals surface area contributed by atoms with Crippen molar-refractivity contribution in [2.45, 2.75) is 6.04 Å². The highest BCUT2D eigenvalue weighted by Crippen LogP contribution is 2.15. The number of amides is 1. The van der Waals surface area contributed by atoms with Gasteiger partial charge in [0, 0.05) is 0 Å². The normalized spacial score (nSPS) is 12.1. The third-order valence-electron chi connectivity index (χ3n) is 1.62. The first kappa shape index (κ1) is 10.5. The Morgan fingerprint density at radius 2 is 2.14 bits per heavy atom. The van der Waals surface area contributed by atoms with Crippen LogP contribution in [0.1, 0.15) is 0 Å². The number of carbonyl (C=O) groups is 1. The molecule has 0 saturated carbocycles. The molecule has 0 aliphatic carbocycles. The molecule has 0 spiro atoms. The largest absolute Gasteiger partial charge is 0.488 e. The molecule has 1 unspecified atom stereocenters. The monoisotopic (exact) mass is 198 g/mol. The third-order valence-corrected chi connectivity index (χ3v) is 1.62. The summed E-state index contributed by atoms with van der Waals surface area (Å²) >= 11 is 0. The molecule has 1 atom stereocenters. The first-order valence-corrected chi connectivity index (χ1v) is 4.03. The third kappa shape index (κ3) is 2.70. The lowest BCUT2D eigenvalue weighted by molar-refractivity contribution is -0.119. The van der Waals surface area contributed by atoms with Crippen LogP contribution in [-0.4, -0.2) is 18.6 Å². The molecule has 0 heterocycles. The maximum Gasteiger partial charge on any atom is 0.237 e. The van der Waals surface area contributed by atoms with E-state index in [4.69, 9.17) is 16.2 Å². The summed E-state index contributed by atoms with van der Waals surface area (Å²) in [5, 5.41) is 0. The predicted molar refractivity (Wildman–Crippen MR) is 49.1 cm³/mol. The molecule has 4 N–H and O–H groups in total. The first-order valence-electron chi connectivity index (χ1n) is 4.03. The Hall–Kier alpha value is -1.62. The Bertz CT molecular complexity index is 330. The van der Waals surface area contributed by atoms with E-state index in [2.05, 4.69) is 0 Å². The summed E-state index contributed by atoms with van der Waals surface area (Å²) in [5.41, 5.74) is 10.2. The Morgan fingerprint density at radius 1 is 1.50 bits per heavy atom. The van der Waals surface area contributed by atoms with Crippen molar-refractivity contribution in [2.24, 2.45) is 11.5 Å². The minimum absolute atomic E-state index is 0.0594. The van der Waals surface area contributed by atoms with E-state index in [1.807, 2.05) is 0 Å². The van der Waals surface area contributed by atoms with Gasteiger partial charge in [-0.2, -0.15) is 0 Å². The standard InChI is InChI=1S/C9H11FN2O2/c10-6-3-1-2-4-8(6)14-5-7(11)9(12)13/h1-4,7H,5,11H2,(H2,12,13). The van der Waals surface area contributed by atoms with Crippen LogP contribution in [0.5, 0.6) is 5.75 Å². The molecular formula is C9H11FN2O2. The van der Waals surface area contributed by atoms with Crippen LogP contribution in [0.3, 0.4) is 0 Å². The summed E-state index contributed by atoms with van der Waals surface area (Å²) in [7, 11) is 0. The van der Waals surface area contributed by atoms with Crippen molar-refractivity contribution in [3.8, 4) is 5.75 Å². The van der Waals surface area contributed by atoms with Crippen LogP contribution < -0.4 is 16.2 Å². The van der Waals surface area contributed by atoms with Gasteiger partial charge in [0.1, 0.15) is 12.6 Å². The number of hydrogen-bond acceptors (Lipinski definition) is 3. The predicted octanol–water partition coefficient (Wildman–Crippen LogP) is 0.0171. The number of hydrogen-bond donors (Lipinski definition) is 2. The van der Waals surface area contributed by atoms with Crippen molar-refractivity contribution in [3.05, 3.63) is 30.1 Å². The summed E-state index contributed by atoms with van der Waals surface area (Å²) < 4.78 is 17.9. The van der Waals surface area contributed by atoms with Gasteiger partial charge in [-0.25, -0.2) is 4.39 Å². The Morgan fingerprint density at radius 3 is 2.71 bits per heavy atom. The van der Waals surface area contributed by atoms with Gasteiger partial charge in [-0.3, -0.25) is 4.79 Å². The maximum absolute atomic E-state index is 13.0.